The fourth-order valence-electron chi connectivity index (χ4n) is 4.87. The van der Waals surface area contributed by atoms with Crippen LogP contribution < -0.4 is 9.80 Å². The van der Waals surface area contributed by atoms with Crippen LogP contribution in [0.5, 0.6) is 0 Å². The lowest BCUT2D eigenvalue weighted by Crippen LogP contribution is -2.37. The van der Waals surface area contributed by atoms with E-state index in [4.69, 9.17) is 4.74 Å². The maximum atomic E-state index is 15.1. The molecule has 0 bridgehead atoms. The van der Waals surface area contributed by atoms with Crippen LogP contribution in [-0.2, 0) is 14.9 Å². The number of hydrogen-bond donors (Lipinski definition) is 2. The average Bonchev–Trinajstić information content (AvgIpc) is 3.59. The molecule has 11 heteroatoms. The summed E-state index contributed by atoms with van der Waals surface area (Å²) in [5, 5.41) is 10.8. The number of anilines is 2. The van der Waals surface area contributed by atoms with Gasteiger partial charge in [0, 0.05) is 55.7 Å². The van der Waals surface area contributed by atoms with Gasteiger partial charge in [-0.2, -0.15) is 0 Å². The summed E-state index contributed by atoms with van der Waals surface area (Å²) in [6, 6.07) is 2.73. The number of aromatic amines is 1. The number of fused-ring (bicyclic) bond motifs is 3. The number of ether oxygens (including phenoxy) is 1. The van der Waals surface area contributed by atoms with E-state index in [0.717, 1.165) is 5.69 Å². The molecule has 1 aliphatic carbocycles. The van der Waals surface area contributed by atoms with Crippen molar-refractivity contribution < 1.29 is 23.8 Å². The Morgan fingerprint density at radius 3 is 2.33 bits per heavy atom. The second kappa shape index (κ2) is 9.18. The first-order chi connectivity index (χ1) is 18.4. The molecule has 4 aromatic rings. The van der Waals surface area contributed by atoms with Crippen molar-refractivity contribution >= 4 is 45.4 Å². The van der Waals surface area contributed by atoms with Crippen molar-refractivity contribution in [2.45, 2.75) is 51.6 Å². The summed E-state index contributed by atoms with van der Waals surface area (Å²) in [6.45, 7) is 7.40. The van der Waals surface area contributed by atoms with Gasteiger partial charge < -0.3 is 19.7 Å². The molecule has 1 aromatic carbocycles. The van der Waals surface area contributed by atoms with Crippen LogP contribution >= 0.6 is 0 Å². The molecule has 5 rings (SSSR count). The number of hydrogen-bond acceptors (Lipinski definition) is 7. The molecule has 3 heterocycles. The third-order valence-corrected chi connectivity index (χ3v) is 6.86. The number of carbonyl (C=O) groups excluding carboxylic acids is 1. The Morgan fingerprint density at radius 2 is 1.79 bits per heavy atom. The predicted octanol–water partition coefficient (Wildman–Crippen LogP) is 5.26. The molecule has 1 fully saturated rings. The molecular formula is C28H31FN6O4. The van der Waals surface area contributed by atoms with Gasteiger partial charge in [-0.05, 0) is 52.7 Å². The van der Waals surface area contributed by atoms with Crippen molar-refractivity contribution in [2.24, 2.45) is 0 Å². The molecule has 1 amide bonds. The zero-order valence-corrected chi connectivity index (χ0v) is 22.8. The van der Waals surface area contributed by atoms with E-state index in [1.54, 1.807) is 46.3 Å². The first-order valence-corrected chi connectivity index (χ1v) is 12.7. The van der Waals surface area contributed by atoms with Crippen molar-refractivity contribution in [3.8, 4) is 11.1 Å². The zero-order valence-electron chi connectivity index (χ0n) is 22.8. The predicted molar refractivity (Wildman–Crippen MR) is 147 cm³/mol. The molecule has 0 radical (unpaired) electrons. The quantitative estimate of drug-likeness (QED) is 0.343. The highest BCUT2D eigenvalue weighted by Gasteiger charge is 2.54. The molecule has 0 unspecified atom stereocenters. The summed E-state index contributed by atoms with van der Waals surface area (Å²) in [6.07, 6.45) is 5.33. The van der Waals surface area contributed by atoms with Gasteiger partial charge in [0.15, 0.2) is 0 Å². The average molecular weight is 535 g/mol. The van der Waals surface area contributed by atoms with E-state index < -0.39 is 28.9 Å². The van der Waals surface area contributed by atoms with Crippen molar-refractivity contribution in [1.82, 2.24) is 19.9 Å². The number of benzene rings is 1. The smallest absolute Gasteiger partial charge is 0.414 e. The molecule has 10 nitrogen and oxygen atoms in total. The normalized spacial score (nSPS) is 14.4. The molecule has 204 valence electrons. The number of aliphatic carboxylic acids is 1. The van der Waals surface area contributed by atoms with Gasteiger partial charge in [-0.1, -0.05) is 0 Å². The number of nitrogens with one attached hydrogen (secondary N) is 1. The van der Waals surface area contributed by atoms with Crippen molar-refractivity contribution in [1.29, 1.82) is 0 Å². The molecule has 0 saturated heterocycles. The third-order valence-electron chi connectivity index (χ3n) is 6.86. The van der Waals surface area contributed by atoms with Crippen LogP contribution in [0.15, 0.2) is 30.7 Å². The fourth-order valence-corrected chi connectivity index (χ4v) is 4.87. The maximum Gasteiger partial charge on any atom is 0.414 e. The first-order valence-electron chi connectivity index (χ1n) is 12.7. The molecule has 39 heavy (non-hydrogen) atoms. The van der Waals surface area contributed by atoms with Crippen molar-refractivity contribution in [3.63, 3.8) is 0 Å². The highest BCUT2D eigenvalue weighted by atomic mass is 19.1. The second-order valence-corrected chi connectivity index (χ2v) is 11.0. The first kappa shape index (κ1) is 26.3. The molecule has 3 aromatic heterocycles. The van der Waals surface area contributed by atoms with E-state index in [2.05, 4.69) is 19.9 Å². The van der Waals surface area contributed by atoms with E-state index in [-0.39, 0.29) is 6.54 Å². The van der Waals surface area contributed by atoms with E-state index in [1.807, 2.05) is 19.0 Å². The molecule has 0 spiro atoms. The van der Waals surface area contributed by atoms with Crippen LogP contribution in [0.3, 0.4) is 0 Å². The number of rotatable bonds is 6. The van der Waals surface area contributed by atoms with Gasteiger partial charge >= 0.3 is 12.1 Å². The Kier molecular flexibility index (Phi) is 6.20. The molecule has 1 saturated carbocycles. The minimum absolute atomic E-state index is 0.267. The van der Waals surface area contributed by atoms with Crippen LogP contribution in [0, 0.1) is 5.82 Å². The Hall–Kier alpha value is -4.28. The van der Waals surface area contributed by atoms with Gasteiger partial charge in [0.25, 0.3) is 0 Å². The summed E-state index contributed by atoms with van der Waals surface area (Å²) >= 11 is 0. The fraction of sp³-hybridized carbons (Fsp3) is 0.393. The Morgan fingerprint density at radius 1 is 1.13 bits per heavy atom. The van der Waals surface area contributed by atoms with E-state index in [1.165, 1.54) is 17.0 Å². The number of H-pyrrole nitrogens is 1. The molecule has 0 aliphatic heterocycles. The zero-order chi connectivity index (χ0) is 28.3. The number of aromatic nitrogens is 4. The van der Waals surface area contributed by atoms with E-state index >= 15 is 4.39 Å². The van der Waals surface area contributed by atoms with Crippen molar-refractivity contribution in [3.05, 3.63) is 42.4 Å². The number of amides is 1. The number of carboxylic acid groups (broad SMARTS) is 1. The number of carbonyl (C=O) groups is 2. The number of nitrogens with zero attached hydrogens (tertiary/aromatic N) is 5. The topological polar surface area (TPSA) is 125 Å². The van der Waals surface area contributed by atoms with E-state index in [9.17, 15) is 14.7 Å². The maximum absolute atomic E-state index is 15.1. The Labute approximate surface area is 224 Å². The summed E-state index contributed by atoms with van der Waals surface area (Å²) < 4.78 is 20.7. The monoisotopic (exact) mass is 534 g/mol. The largest absolute Gasteiger partial charge is 0.480 e. The summed E-state index contributed by atoms with van der Waals surface area (Å²) in [4.78, 5) is 44.7. The lowest BCUT2D eigenvalue weighted by molar-refractivity contribution is -0.140. The van der Waals surface area contributed by atoms with Crippen LogP contribution in [-0.4, -0.2) is 63.3 Å². The Balaban J connectivity index is 1.68. The molecule has 1 aliphatic rings. The second-order valence-electron chi connectivity index (χ2n) is 11.0. The number of halogens is 1. The lowest BCUT2D eigenvalue weighted by atomic mass is 10.0. The molecule has 2 N–H and O–H groups in total. The minimum atomic E-state index is -1.00. The van der Waals surface area contributed by atoms with Gasteiger partial charge in [-0.25, -0.2) is 24.1 Å². The summed E-state index contributed by atoms with van der Waals surface area (Å²) in [5.74, 6) is -1.14. The van der Waals surface area contributed by atoms with Gasteiger partial charge in [0.1, 0.15) is 28.3 Å². The highest BCUT2D eigenvalue weighted by Crippen LogP contribution is 2.47. The minimum Gasteiger partial charge on any atom is -0.480 e. The van der Waals surface area contributed by atoms with Crippen molar-refractivity contribution in [2.75, 3.05) is 30.4 Å². The van der Waals surface area contributed by atoms with Gasteiger partial charge in [-0.3, -0.25) is 9.69 Å². The van der Waals surface area contributed by atoms with Gasteiger partial charge in [-0.15, -0.1) is 0 Å². The summed E-state index contributed by atoms with van der Waals surface area (Å²) in [5.41, 5.74) is 1.79. The van der Waals surface area contributed by atoms with Gasteiger partial charge in [0.05, 0.1) is 22.3 Å². The van der Waals surface area contributed by atoms with E-state index in [0.29, 0.717) is 57.4 Å². The summed E-state index contributed by atoms with van der Waals surface area (Å²) in [7, 11) is 3.74. The van der Waals surface area contributed by atoms with Crippen LogP contribution in [0.4, 0.5) is 20.6 Å². The van der Waals surface area contributed by atoms with Gasteiger partial charge in [0.2, 0.25) is 0 Å². The third kappa shape index (κ3) is 4.51. The SMILES string of the molecule is CCN(C(=O)OC(C)(C)C)c1cc(F)cc2c1[nH]c1ncc(-c3cnc(C4(C(=O)O)CC4)nc3)c(N(C)C)c12. The lowest BCUT2D eigenvalue weighted by Gasteiger charge is -2.27. The number of carboxylic acids is 1. The standard InChI is InChI=1S/C28H31FN6O4/c1-7-35(26(38)39-27(2,3)4)19-11-16(29)10-17-20-22(34(5)6)18(14-30-23(20)33-21(17)19)15-12-31-24(32-13-15)28(8-9-28)25(36)37/h10-14H,7-9H2,1-6H3,(H,30,33)(H,36,37). The Bertz CT molecular complexity index is 1600. The van der Waals surface area contributed by atoms with Crippen LogP contribution in [0.1, 0.15) is 46.4 Å². The van der Waals surface area contributed by atoms with Crippen LogP contribution in [0.25, 0.3) is 33.1 Å². The van der Waals surface area contributed by atoms with Crippen LogP contribution in [0.2, 0.25) is 0 Å². The molecule has 0 atom stereocenters. The highest BCUT2D eigenvalue weighted by molar-refractivity contribution is 6.18. The molecular weight excluding hydrogens is 503 g/mol. The number of pyridine rings is 1.